The lowest BCUT2D eigenvalue weighted by Crippen LogP contribution is -2.51. The van der Waals surface area contributed by atoms with E-state index >= 15 is 0 Å². The van der Waals surface area contributed by atoms with E-state index in [4.69, 9.17) is 0 Å². The highest BCUT2D eigenvalue weighted by Gasteiger charge is 2.51. The molecular weight excluding hydrogens is 570 g/mol. The van der Waals surface area contributed by atoms with Crippen molar-refractivity contribution in [2.45, 2.75) is 38.5 Å². The zero-order valence-electron chi connectivity index (χ0n) is 26.7. The lowest BCUT2D eigenvalue weighted by molar-refractivity contribution is -0.0629. The minimum absolute atomic E-state index is 0.0429. The van der Waals surface area contributed by atoms with E-state index in [1.807, 2.05) is 77.5 Å². The highest BCUT2D eigenvalue weighted by atomic mass is 16.3. The number of rotatable bonds is 6. The first-order valence-corrected chi connectivity index (χ1v) is 17.1. The Balaban J connectivity index is 0.912. The Labute approximate surface area is 271 Å². The summed E-state index contributed by atoms with van der Waals surface area (Å²) in [5.41, 5.74) is 4.81. The van der Waals surface area contributed by atoms with Crippen LogP contribution in [0.4, 0.5) is 5.69 Å². The molecule has 236 valence electrons. The Morgan fingerprint density at radius 2 is 1.43 bits per heavy atom. The number of aromatic hydroxyl groups is 1. The lowest BCUT2D eigenvalue weighted by Gasteiger charge is -2.57. The first-order chi connectivity index (χ1) is 22.3. The molecule has 1 aliphatic heterocycles. The fourth-order valence-corrected chi connectivity index (χ4v) is 9.84. The van der Waals surface area contributed by atoms with Crippen LogP contribution in [0.1, 0.15) is 59.2 Å². The van der Waals surface area contributed by atoms with Crippen LogP contribution in [0.5, 0.6) is 5.75 Å². The third-order valence-electron chi connectivity index (χ3n) is 11.4. The van der Waals surface area contributed by atoms with Gasteiger partial charge in [-0.2, -0.15) is 0 Å². The Morgan fingerprint density at radius 3 is 2.09 bits per heavy atom. The highest BCUT2D eigenvalue weighted by Crippen LogP contribution is 2.60. The number of hydrogen-bond donors (Lipinski definition) is 1. The smallest absolute Gasteiger partial charge is 0.254 e. The summed E-state index contributed by atoms with van der Waals surface area (Å²) in [6.45, 7) is 3.64. The Kier molecular flexibility index (Phi) is 7.27. The minimum Gasteiger partial charge on any atom is -0.508 e. The van der Waals surface area contributed by atoms with Gasteiger partial charge in [0.25, 0.3) is 11.8 Å². The summed E-state index contributed by atoms with van der Waals surface area (Å²) >= 11 is 0. The van der Waals surface area contributed by atoms with Gasteiger partial charge in [0.2, 0.25) is 0 Å². The first-order valence-electron chi connectivity index (χ1n) is 17.1. The predicted octanol–water partition coefficient (Wildman–Crippen LogP) is 7.46. The van der Waals surface area contributed by atoms with E-state index < -0.39 is 0 Å². The van der Waals surface area contributed by atoms with Gasteiger partial charge in [0.15, 0.2) is 0 Å². The average Bonchev–Trinajstić information content (AvgIpc) is 3.06. The third kappa shape index (κ3) is 5.32. The molecule has 4 aromatic carbocycles. The normalized spacial score (nSPS) is 25.2. The Bertz CT molecular complexity index is 1750. The second-order valence-electron chi connectivity index (χ2n) is 14.7. The summed E-state index contributed by atoms with van der Waals surface area (Å²) in [6, 6.07) is 27.2. The molecule has 5 fully saturated rings. The van der Waals surface area contributed by atoms with Crippen LogP contribution in [0, 0.1) is 23.2 Å². The van der Waals surface area contributed by atoms with E-state index in [1.165, 1.54) is 38.5 Å². The number of nitrogens with zero attached hydrogens (tertiary/aromatic N) is 3. The van der Waals surface area contributed by atoms with Crippen LogP contribution >= 0.6 is 0 Å². The topological polar surface area (TPSA) is 64.1 Å². The van der Waals surface area contributed by atoms with Crippen LogP contribution in [-0.4, -0.2) is 66.5 Å². The summed E-state index contributed by atoms with van der Waals surface area (Å²) in [6.07, 6.45) is 8.20. The summed E-state index contributed by atoms with van der Waals surface area (Å²) in [7, 11) is 1.99. The fourth-order valence-electron chi connectivity index (χ4n) is 9.84. The number of amides is 2. The summed E-state index contributed by atoms with van der Waals surface area (Å²) in [4.78, 5) is 33.5. The summed E-state index contributed by atoms with van der Waals surface area (Å²) < 4.78 is 0. The molecule has 0 aromatic heterocycles. The standard InChI is InChI=1S/C40H43N3O3/c1-41(26-40-23-27-19-28(24-40)21-29(20-27)25-40)38(45)30-9-11-32(12-10-30)42-15-17-43(18-16-42)39(46)37-14-13-34(31-5-4-6-33(44)22-31)35-7-2-3-8-36(35)37/h2-14,22,27-29,44H,15-21,23-26H2,1H3. The van der Waals surface area contributed by atoms with Crippen LogP contribution in [-0.2, 0) is 0 Å². The molecule has 0 radical (unpaired) electrons. The monoisotopic (exact) mass is 613 g/mol. The van der Waals surface area contributed by atoms with Gasteiger partial charge >= 0.3 is 0 Å². The molecule has 6 heteroatoms. The predicted molar refractivity (Wildman–Crippen MR) is 183 cm³/mol. The van der Waals surface area contributed by atoms with E-state index in [2.05, 4.69) is 17.0 Å². The third-order valence-corrected chi connectivity index (χ3v) is 11.4. The Hall–Kier alpha value is -4.32. The van der Waals surface area contributed by atoms with E-state index in [9.17, 15) is 14.7 Å². The molecule has 46 heavy (non-hydrogen) atoms. The average molecular weight is 614 g/mol. The molecule has 1 saturated heterocycles. The van der Waals surface area contributed by atoms with Gasteiger partial charge in [-0.05, 0) is 126 Å². The van der Waals surface area contributed by atoms with Crippen molar-refractivity contribution in [3.05, 3.63) is 96.1 Å². The van der Waals surface area contributed by atoms with Gasteiger partial charge < -0.3 is 19.8 Å². The summed E-state index contributed by atoms with van der Waals surface area (Å²) in [5.74, 6) is 3.06. The van der Waals surface area contributed by atoms with Crippen LogP contribution < -0.4 is 4.90 Å². The van der Waals surface area contributed by atoms with Crippen molar-refractivity contribution in [2.75, 3.05) is 44.7 Å². The zero-order chi connectivity index (χ0) is 31.4. The number of phenols is 1. The number of anilines is 1. The van der Waals surface area contributed by atoms with Crippen molar-refractivity contribution in [3.8, 4) is 16.9 Å². The van der Waals surface area contributed by atoms with Crippen LogP contribution in [0.2, 0.25) is 0 Å². The minimum atomic E-state index is 0.0429. The number of fused-ring (bicyclic) bond motifs is 1. The number of benzene rings is 4. The molecule has 0 spiro atoms. The van der Waals surface area contributed by atoms with E-state index in [0.717, 1.165) is 70.5 Å². The van der Waals surface area contributed by atoms with Crippen LogP contribution in [0.25, 0.3) is 21.9 Å². The second kappa shape index (κ2) is 11.5. The molecule has 9 rings (SSSR count). The maximum absolute atomic E-state index is 13.8. The van der Waals surface area contributed by atoms with Crippen LogP contribution in [0.3, 0.4) is 0 Å². The van der Waals surface area contributed by atoms with Crippen molar-refractivity contribution in [1.29, 1.82) is 0 Å². The van der Waals surface area contributed by atoms with Crippen LogP contribution in [0.15, 0.2) is 84.9 Å². The van der Waals surface area contributed by atoms with E-state index in [1.54, 1.807) is 12.1 Å². The van der Waals surface area contributed by atoms with E-state index in [0.29, 0.717) is 24.1 Å². The van der Waals surface area contributed by atoms with Crippen molar-refractivity contribution in [1.82, 2.24) is 9.80 Å². The molecule has 5 aliphatic rings. The molecule has 4 aromatic rings. The molecule has 0 unspecified atom stereocenters. The SMILES string of the molecule is CN(CC12CC3CC(CC(C3)C1)C2)C(=O)c1ccc(N2CCN(C(=O)c3ccc(-c4cccc(O)c4)c4ccccc34)CC2)cc1. The first kappa shape index (κ1) is 29.1. The van der Waals surface area contributed by atoms with Crippen molar-refractivity contribution in [3.63, 3.8) is 0 Å². The largest absolute Gasteiger partial charge is 0.508 e. The molecule has 4 bridgehead atoms. The zero-order valence-corrected chi connectivity index (χ0v) is 26.7. The number of phenolic OH excluding ortho intramolecular Hbond substituents is 1. The molecule has 4 saturated carbocycles. The Morgan fingerprint density at radius 1 is 0.783 bits per heavy atom. The van der Waals surface area contributed by atoms with Crippen molar-refractivity contribution in [2.24, 2.45) is 23.2 Å². The number of hydrogen-bond acceptors (Lipinski definition) is 4. The van der Waals surface area contributed by atoms with Gasteiger partial charge in [-0.25, -0.2) is 0 Å². The van der Waals surface area contributed by atoms with Crippen molar-refractivity contribution >= 4 is 28.3 Å². The number of carbonyl (C=O) groups excluding carboxylic acids is 2. The highest BCUT2D eigenvalue weighted by molar-refractivity contribution is 6.11. The van der Waals surface area contributed by atoms with Gasteiger partial charge in [-0.15, -0.1) is 0 Å². The van der Waals surface area contributed by atoms with E-state index in [-0.39, 0.29) is 17.6 Å². The maximum atomic E-state index is 13.8. The molecule has 1 N–H and O–H groups in total. The van der Waals surface area contributed by atoms with Gasteiger partial charge in [-0.3, -0.25) is 9.59 Å². The fraction of sp³-hybridized carbons (Fsp3) is 0.400. The number of carbonyl (C=O) groups is 2. The summed E-state index contributed by atoms with van der Waals surface area (Å²) in [5, 5.41) is 11.9. The molecular formula is C40H43N3O3. The lowest BCUT2D eigenvalue weighted by atomic mass is 9.49. The molecule has 4 aliphatic carbocycles. The maximum Gasteiger partial charge on any atom is 0.254 e. The number of piperazine rings is 1. The van der Waals surface area contributed by atoms with Gasteiger partial charge in [-0.1, -0.05) is 42.5 Å². The molecule has 0 atom stereocenters. The molecule has 6 nitrogen and oxygen atoms in total. The molecule has 2 amide bonds. The van der Waals surface area contributed by atoms with Gasteiger partial charge in [0.05, 0.1) is 0 Å². The van der Waals surface area contributed by atoms with Crippen molar-refractivity contribution < 1.29 is 14.7 Å². The van der Waals surface area contributed by atoms with Gasteiger partial charge in [0, 0.05) is 56.6 Å². The molecule has 1 heterocycles. The second-order valence-corrected chi connectivity index (χ2v) is 14.7. The quantitative estimate of drug-likeness (QED) is 0.245. The van der Waals surface area contributed by atoms with Gasteiger partial charge in [0.1, 0.15) is 5.75 Å².